The summed E-state index contributed by atoms with van der Waals surface area (Å²) in [5, 5.41) is 0. The van der Waals surface area contributed by atoms with Crippen LogP contribution in [0.25, 0.3) is 6.08 Å². The number of halogens is 1. The van der Waals surface area contributed by atoms with Crippen LogP contribution in [0.2, 0.25) is 0 Å². The number of rotatable bonds is 10. The number of carbonyl (C=O) groups is 2. The molecule has 3 aromatic rings. The van der Waals surface area contributed by atoms with E-state index in [-0.39, 0.29) is 30.2 Å². The zero-order valence-corrected chi connectivity index (χ0v) is 21.6. The van der Waals surface area contributed by atoms with Gasteiger partial charge in [0.1, 0.15) is 12.4 Å². The Morgan fingerprint density at radius 2 is 1.70 bits per heavy atom. The summed E-state index contributed by atoms with van der Waals surface area (Å²) < 4.78 is 15.5. The number of hydrogen-bond donors (Lipinski definition) is 0. The smallest absolute Gasteiger partial charge is 0.247 e. The van der Waals surface area contributed by atoms with Crippen LogP contribution in [0.5, 0.6) is 0 Å². The van der Waals surface area contributed by atoms with Gasteiger partial charge in [0.05, 0.1) is 6.54 Å². The van der Waals surface area contributed by atoms with E-state index in [2.05, 4.69) is 4.57 Å². The highest BCUT2D eigenvalue weighted by molar-refractivity contribution is 5.94. The molecule has 5 nitrogen and oxygen atoms in total. The molecule has 0 aliphatic heterocycles. The molecule has 1 saturated carbocycles. The Labute approximate surface area is 219 Å². The highest BCUT2D eigenvalue weighted by Gasteiger charge is 2.28. The number of amides is 2. The fraction of sp³-hybridized carbons (Fsp3) is 0.355. The Kier molecular flexibility index (Phi) is 9.30. The van der Waals surface area contributed by atoms with Crippen molar-refractivity contribution in [1.29, 1.82) is 0 Å². The van der Waals surface area contributed by atoms with Gasteiger partial charge in [-0.2, -0.15) is 0 Å². The SMILES string of the molecule is CCN(CC(=O)N(Cc1cccn1Cc1ccc(F)cc1)C1CCCCC1)C(=O)C=Cc1ccccc1. The van der Waals surface area contributed by atoms with Crippen molar-refractivity contribution in [2.75, 3.05) is 13.1 Å². The van der Waals surface area contributed by atoms with Crippen LogP contribution >= 0.6 is 0 Å². The van der Waals surface area contributed by atoms with E-state index >= 15 is 0 Å². The van der Waals surface area contributed by atoms with Gasteiger partial charge in [-0.3, -0.25) is 9.59 Å². The second-order valence-electron chi connectivity index (χ2n) is 9.66. The van der Waals surface area contributed by atoms with Gasteiger partial charge in [-0.25, -0.2) is 4.39 Å². The normalized spacial score (nSPS) is 14.1. The second kappa shape index (κ2) is 13.0. The van der Waals surface area contributed by atoms with E-state index in [4.69, 9.17) is 0 Å². The van der Waals surface area contributed by atoms with Crippen molar-refractivity contribution in [3.63, 3.8) is 0 Å². The molecule has 2 aromatic carbocycles. The van der Waals surface area contributed by atoms with Gasteiger partial charge in [0.15, 0.2) is 0 Å². The largest absolute Gasteiger partial charge is 0.345 e. The number of likely N-dealkylation sites (N-methyl/N-ethyl adjacent to an activating group) is 1. The monoisotopic (exact) mass is 501 g/mol. The van der Waals surface area contributed by atoms with Crippen LogP contribution in [-0.2, 0) is 22.7 Å². The Morgan fingerprint density at radius 1 is 0.973 bits per heavy atom. The zero-order valence-electron chi connectivity index (χ0n) is 21.6. The maximum Gasteiger partial charge on any atom is 0.247 e. The van der Waals surface area contributed by atoms with E-state index < -0.39 is 0 Å². The summed E-state index contributed by atoms with van der Waals surface area (Å²) in [4.78, 5) is 30.2. The van der Waals surface area contributed by atoms with Gasteiger partial charge < -0.3 is 14.4 Å². The molecular weight excluding hydrogens is 465 g/mol. The van der Waals surface area contributed by atoms with Gasteiger partial charge in [0, 0.05) is 37.1 Å². The number of benzene rings is 2. The maximum atomic E-state index is 13.7. The van der Waals surface area contributed by atoms with Gasteiger partial charge in [0.2, 0.25) is 11.8 Å². The lowest BCUT2D eigenvalue weighted by Crippen LogP contribution is -2.47. The second-order valence-corrected chi connectivity index (χ2v) is 9.66. The number of aromatic nitrogens is 1. The lowest BCUT2D eigenvalue weighted by molar-refractivity contribution is -0.140. The summed E-state index contributed by atoms with van der Waals surface area (Å²) in [5.41, 5.74) is 2.98. The Balaban J connectivity index is 1.48. The van der Waals surface area contributed by atoms with Crippen LogP contribution in [0.3, 0.4) is 0 Å². The number of carbonyl (C=O) groups excluding carboxylic acids is 2. The third kappa shape index (κ3) is 7.42. The molecular formula is C31H36FN3O2. The molecule has 0 bridgehead atoms. The first kappa shape index (κ1) is 26.4. The van der Waals surface area contributed by atoms with Crippen LogP contribution in [0.4, 0.5) is 4.39 Å². The molecule has 4 rings (SSSR count). The molecule has 0 unspecified atom stereocenters. The molecule has 6 heteroatoms. The van der Waals surface area contributed by atoms with Gasteiger partial charge in [-0.15, -0.1) is 0 Å². The molecule has 37 heavy (non-hydrogen) atoms. The third-order valence-corrected chi connectivity index (χ3v) is 7.10. The van der Waals surface area contributed by atoms with E-state index in [0.717, 1.165) is 42.5 Å². The van der Waals surface area contributed by atoms with Crippen molar-refractivity contribution in [3.05, 3.63) is 102 Å². The molecule has 0 radical (unpaired) electrons. The fourth-order valence-corrected chi connectivity index (χ4v) is 4.96. The van der Waals surface area contributed by atoms with Crippen LogP contribution in [-0.4, -0.2) is 45.3 Å². The van der Waals surface area contributed by atoms with E-state index in [9.17, 15) is 14.0 Å². The van der Waals surface area contributed by atoms with Gasteiger partial charge >= 0.3 is 0 Å². The first-order valence-corrected chi connectivity index (χ1v) is 13.2. The number of hydrogen-bond acceptors (Lipinski definition) is 2. The number of nitrogens with zero attached hydrogens (tertiary/aromatic N) is 3. The summed E-state index contributed by atoms with van der Waals surface area (Å²) in [5.74, 6) is -0.438. The minimum atomic E-state index is -0.251. The van der Waals surface area contributed by atoms with Crippen molar-refractivity contribution < 1.29 is 14.0 Å². The maximum absolute atomic E-state index is 13.7. The summed E-state index contributed by atoms with van der Waals surface area (Å²) >= 11 is 0. The van der Waals surface area contributed by atoms with Crippen LogP contribution < -0.4 is 0 Å². The molecule has 0 saturated heterocycles. The third-order valence-electron chi connectivity index (χ3n) is 7.10. The summed E-state index contributed by atoms with van der Waals surface area (Å²) in [6.45, 7) is 3.52. The topological polar surface area (TPSA) is 45.6 Å². The molecule has 1 aliphatic rings. The van der Waals surface area contributed by atoms with Gasteiger partial charge in [-0.05, 0) is 61.2 Å². The molecule has 0 N–H and O–H groups in total. The standard InChI is InChI=1S/C31H36FN3O2/c1-2-33(30(36)20-17-25-10-5-3-6-11-25)24-31(37)35(28-12-7-4-8-13-28)23-29-14-9-21-34(29)22-26-15-18-27(32)19-16-26/h3,5-6,9-11,14-21,28H,2,4,7-8,12-13,22-24H2,1H3. The Hall–Kier alpha value is -3.67. The van der Waals surface area contributed by atoms with E-state index in [1.807, 2.05) is 60.5 Å². The molecule has 1 heterocycles. The molecule has 0 atom stereocenters. The Morgan fingerprint density at radius 3 is 2.41 bits per heavy atom. The first-order valence-electron chi connectivity index (χ1n) is 13.2. The predicted octanol–water partition coefficient (Wildman–Crippen LogP) is 5.90. The van der Waals surface area contributed by atoms with Crippen molar-refractivity contribution in [2.24, 2.45) is 0 Å². The zero-order chi connectivity index (χ0) is 26.0. The Bertz CT molecular complexity index is 1180. The molecule has 1 fully saturated rings. The lowest BCUT2D eigenvalue weighted by atomic mass is 9.94. The minimum Gasteiger partial charge on any atom is -0.345 e. The van der Waals surface area contributed by atoms with E-state index in [1.54, 1.807) is 29.2 Å². The van der Waals surface area contributed by atoms with Gasteiger partial charge in [0.25, 0.3) is 0 Å². The van der Waals surface area contributed by atoms with Crippen LogP contribution in [0.15, 0.2) is 79.0 Å². The first-order chi connectivity index (χ1) is 18.0. The average Bonchev–Trinajstić information content (AvgIpc) is 3.37. The van der Waals surface area contributed by atoms with Crippen molar-refractivity contribution >= 4 is 17.9 Å². The van der Waals surface area contributed by atoms with Crippen LogP contribution in [0.1, 0.15) is 55.8 Å². The summed E-state index contributed by atoms with van der Waals surface area (Å²) in [6.07, 6.45) is 10.7. The summed E-state index contributed by atoms with van der Waals surface area (Å²) in [6, 6.07) is 20.4. The van der Waals surface area contributed by atoms with E-state index in [0.29, 0.717) is 19.6 Å². The van der Waals surface area contributed by atoms with Crippen molar-refractivity contribution in [3.8, 4) is 0 Å². The summed E-state index contributed by atoms with van der Waals surface area (Å²) in [7, 11) is 0. The molecule has 194 valence electrons. The van der Waals surface area contributed by atoms with Crippen molar-refractivity contribution in [1.82, 2.24) is 14.4 Å². The molecule has 1 aromatic heterocycles. The average molecular weight is 502 g/mol. The van der Waals surface area contributed by atoms with Crippen molar-refractivity contribution in [2.45, 2.75) is 58.2 Å². The highest BCUT2D eigenvalue weighted by Crippen LogP contribution is 2.25. The van der Waals surface area contributed by atoms with E-state index in [1.165, 1.54) is 18.6 Å². The molecule has 0 spiro atoms. The fourth-order valence-electron chi connectivity index (χ4n) is 4.96. The predicted molar refractivity (Wildman–Crippen MR) is 145 cm³/mol. The minimum absolute atomic E-state index is 0.0234. The highest BCUT2D eigenvalue weighted by atomic mass is 19.1. The molecule has 1 aliphatic carbocycles. The van der Waals surface area contributed by atoms with Gasteiger partial charge in [-0.1, -0.05) is 61.7 Å². The quantitative estimate of drug-likeness (QED) is 0.325. The molecule has 2 amide bonds. The lowest BCUT2D eigenvalue weighted by Gasteiger charge is -2.36. The van der Waals surface area contributed by atoms with Crippen LogP contribution in [0, 0.1) is 5.82 Å².